The highest BCUT2D eigenvalue weighted by Crippen LogP contribution is 2.40. The van der Waals surface area contributed by atoms with Gasteiger partial charge in [0.05, 0.1) is 12.8 Å². The van der Waals surface area contributed by atoms with Crippen molar-refractivity contribution in [1.82, 2.24) is 9.97 Å². The molecule has 23 heavy (non-hydrogen) atoms. The third-order valence-corrected chi connectivity index (χ3v) is 4.16. The van der Waals surface area contributed by atoms with Crippen LogP contribution in [0.25, 0.3) is 22.6 Å². The number of hydrogen-bond acceptors (Lipinski definition) is 3. The fourth-order valence-corrected chi connectivity index (χ4v) is 2.68. The molecule has 1 aliphatic carbocycles. The summed E-state index contributed by atoms with van der Waals surface area (Å²) >= 11 is 0. The second kappa shape index (κ2) is 5.84. The summed E-state index contributed by atoms with van der Waals surface area (Å²) in [6, 6.07) is 20.3. The molecule has 0 unspecified atom stereocenters. The Morgan fingerprint density at radius 3 is 2.26 bits per heavy atom. The zero-order valence-electron chi connectivity index (χ0n) is 13.1. The van der Waals surface area contributed by atoms with Crippen LogP contribution in [0.3, 0.4) is 0 Å². The lowest BCUT2D eigenvalue weighted by Gasteiger charge is -2.09. The molecule has 4 rings (SSSR count). The average molecular weight is 302 g/mol. The minimum absolute atomic E-state index is 0.595. The molecule has 0 atom stereocenters. The highest BCUT2D eigenvalue weighted by molar-refractivity contribution is 5.65. The summed E-state index contributed by atoms with van der Waals surface area (Å²) in [6.07, 6.45) is 2.46. The van der Waals surface area contributed by atoms with Gasteiger partial charge >= 0.3 is 0 Å². The number of aromatic nitrogens is 2. The molecule has 1 fully saturated rings. The van der Waals surface area contributed by atoms with Crippen molar-refractivity contribution < 1.29 is 4.74 Å². The van der Waals surface area contributed by atoms with E-state index >= 15 is 0 Å². The number of benzene rings is 2. The van der Waals surface area contributed by atoms with Gasteiger partial charge in [-0.2, -0.15) is 0 Å². The monoisotopic (exact) mass is 302 g/mol. The lowest BCUT2D eigenvalue weighted by Crippen LogP contribution is -1.97. The molecule has 3 nitrogen and oxygen atoms in total. The molecule has 0 bridgehead atoms. The maximum Gasteiger partial charge on any atom is 0.160 e. The second-order valence-electron chi connectivity index (χ2n) is 5.87. The van der Waals surface area contributed by atoms with Crippen molar-refractivity contribution >= 4 is 0 Å². The van der Waals surface area contributed by atoms with Gasteiger partial charge in [-0.15, -0.1) is 0 Å². The lowest BCUT2D eigenvalue weighted by atomic mass is 10.1. The van der Waals surface area contributed by atoms with Gasteiger partial charge in [0.25, 0.3) is 0 Å². The second-order valence-corrected chi connectivity index (χ2v) is 5.87. The zero-order chi connectivity index (χ0) is 15.6. The zero-order valence-corrected chi connectivity index (χ0v) is 13.1. The van der Waals surface area contributed by atoms with Crippen LogP contribution in [-0.2, 0) is 0 Å². The molecule has 1 heterocycles. The average Bonchev–Trinajstić information content (AvgIpc) is 3.47. The number of ether oxygens (including phenoxy) is 1. The highest BCUT2D eigenvalue weighted by atomic mass is 16.5. The first-order valence-corrected chi connectivity index (χ1v) is 7.92. The van der Waals surface area contributed by atoms with Gasteiger partial charge in [-0.1, -0.05) is 30.3 Å². The van der Waals surface area contributed by atoms with Crippen LogP contribution in [-0.4, -0.2) is 17.1 Å². The fraction of sp³-hybridized carbons (Fsp3) is 0.200. The molecule has 0 radical (unpaired) electrons. The van der Waals surface area contributed by atoms with E-state index in [-0.39, 0.29) is 0 Å². The summed E-state index contributed by atoms with van der Waals surface area (Å²) in [6.45, 7) is 0. The highest BCUT2D eigenvalue weighted by Gasteiger charge is 2.26. The van der Waals surface area contributed by atoms with E-state index in [0.29, 0.717) is 5.92 Å². The lowest BCUT2D eigenvalue weighted by molar-refractivity contribution is 0.415. The molecule has 2 aromatic carbocycles. The number of methoxy groups -OCH3 is 1. The van der Waals surface area contributed by atoms with Crippen molar-refractivity contribution in [3.05, 3.63) is 66.4 Å². The topological polar surface area (TPSA) is 35.0 Å². The van der Waals surface area contributed by atoms with Crippen LogP contribution in [0.4, 0.5) is 0 Å². The molecular weight excluding hydrogens is 284 g/mol. The maximum atomic E-state index is 5.24. The van der Waals surface area contributed by atoms with E-state index in [1.165, 1.54) is 12.8 Å². The summed E-state index contributed by atoms with van der Waals surface area (Å²) < 4.78 is 5.24. The molecule has 1 aromatic heterocycles. The van der Waals surface area contributed by atoms with Crippen molar-refractivity contribution in [2.45, 2.75) is 18.8 Å². The van der Waals surface area contributed by atoms with Crippen LogP contribution in [0.2, 0.25) is 0 Å². The van der Waals surface area contributed by atoms with E-state index < -0.39 is 0 Å². The van der Waals surface area contributed by atoms with E-state index in [4.69, 9.17) is 14.7 Å². The Labute approximate surface area is 136 Å². The van der Waals surface area contributed by atoms with Gasteiger partial charge < -0.3 is 4.74 Å². The van der Waals surface area contributed by atoms with Gasteiger partial charge in [0.15, 0.2) is 5.82 Å². The smallest absolute Gasteiger partial charge is 0.160 e. The first-order chi connectivity index (χ1) is 11.3. The minimum Gasteiger partial charge on any atom is -0.497 e. The molecule has 1 saturated carbocycles. The van der Waals surface area contributed by atoms with Crippen LogP contribution in [0, 0.1) is 0 Å². The quantitative estimate of drug-likeness (QED) is 0.701. The maximum absolute atomic E-state index is 5.24. The van der Waals surface area contributed by atoms with E-state index in [0.717, 1.165) is 34.1 Å². The number of hydrogen-bond donors (Lipinski definition) is 0. The predicted molar refractivity (Wildman–Crippen MR) is 91.4 cm³/mol. The molecular formula is C20H18N2O. The SMILES string of the molecule is COc1ccc(-c2cc(C3CC3)nc(-c3ccccc3)n2)cc1. The molecule has 0 amide bonds. The third-order valence-electron chi connectivity index (χ3n) is 4.16. The number of nitrogens with zero attached hydrogens (tertiary/aromatic N) is 2. The predicted octanol–water partition coefficient (Wildman–Crippen LogP) is 4.70. The summed E-state index contributed by atoms with van der Waals surface area (Å²) in [5.41, 5.74) is 4.28. The Bertz CT molecular complexity index is 809. The Morgan fingerprint density at radius 1 is 0.870 bits per heavy atom. The molecule has 3 heteroatoms. The molecule has 3 aromatic rings. The van der Waals surface area contributed by atoms with E-state index in [2.05, 4.69) is 18.2 Å². The normalized spacial score (nSPS) is 13.8. The van der Waals surface area contributed by atoms with Crippen LogP contribution in [0.1, 0.15) is 24.5 Å². The minimum atomic E-state index is 0.595. The van der Waals surface area contributed by atoms with Crippen molar-refractivity contribution in [3.8, 4) is 28.4 Å². The molecule has 0 saturated heterocycles. The van der Waals surface area contributed by atoms with Gasteiger partial charge in [-0.3, -0.25) is 0 Å². The van der Waals surface area contributed by atoms with E-state index in [1.54, 1.807) is 7.11 Å². The summed E-state index contributed by atoms with van der Waals surface area (Å²) in [5, 5.41) is 0. The first kappa shape index (κ1) is 13.9. The summed E-state index contributed by atoms with van der Waals surface area (Å²) in [7, 11) is 1.68. The fourth-order valence-electron chi connectivity index (χ4n) is 2.68. The molecule has 0 N–H and O–H groups in total. The molecule has 0 spiro atoms. The van der Waals surface area contributed by atoms with E-state index in [1.807, 2.05) is 42.5 Å². The van der Waals surface area contributed by atoms with Crippen LogP contribution in [0.15, 0.2) is 60.7 Å². The van der Waals surface area contributed by atoms with Crippen LogP contribution >= 0.6 is 0 Å². The van der Waals surface area contributed by atoms with Gasteiger partial charge in [0.1, 0.15) is 5.75 Å². The Balaban J connectivity index is 1.80. The first-order valence-electron chi connectivity index (χ1n) is 7.92. The van der Waals surface area contributed by atoms with Crippen LogP contribution in [0.5, 0.6) is 5.75 Å². The third kappa shape index (κ3) is 2.95. The largest absolute Gasteiger partial charge is 0.497 e. The van der Waals surface area contributed by atoms with Gasteiger partial charge in [0, 0.05) is 22.7 Å². The van der Waals surface area contributed by atoms with Crippen molar-refractivity contribution in [1.29, 1.82) is 0 Å². The number of rotatable bonds is 4. The Hall–Kier alpha value is -2.68. The molecule has 114 valence electrons. The van der Waals surface area contributed by atoms with Crippen molar-refractivity contribution in [2.75, 3.05) is 7.11 Å². The summed E-state index contributed by atoms with van der Waals surface area (Å²) in [5.74, 6) is 2.26. The standard InChI is InChI=1S/C20H18N2O/c1-23-17-11-9-15(10-12-17)19-13-18(14-7-8-14)21-20(22-19)16-5-3-2-4-6-16/h2-6,9-14H,7-8H2,1H3. The van der Waals surface area contributed by atoms with Crippen LogP contribution < -0.4 is 4.74 Å². The van der Waals surface area contributed by atoms with Gasteiger partial charge in [-0.05, 0) is 43.2 Å². The van der Waals surface area contributed by atoms with Crippen molar-refractivity contribution in [3.63, 3.8) is 0 Å². The van der Waals surface area contributed by atoms with E-state index in [9.17, 15) is 0 Å². The summed E-state index contributed by atoms with van der Waals surface area (Å²) in [4.78, 5) is 9.58. The van der Waals surface area contributed by atoms with Gasteiger partial charge in [0.2, 0.25) is 0 Å². The molecule has 1 aliphatic rings. The van der Waals surface area contributed by atoms with Crippen molar-refractivity contribution in [2.24, 2.45) is 0 Å². The molecule has 0 aliphatic heterocycles. The van der Waals surface area contributed by atoms with Gasteiger partial charge in [-0.25, -0.2) is 9.97 Å². The Kier molecular flexibility index (Phi) is 3.54. The Morgan fingerprint density at radius 2 is 1.61 bits per heavy atom.